The van der Waals surface area contributed by atoms with Gasteiger partial charge in [-0.05, 0) is 47.4 Å². The second kappa shape index (κ2) is 6.31. The third-order valence-electron chi connectivity index (χ3n) is 6.70. The summed E-state index contributed by atoms with van der Waals surface area (Å²) in [6, 6.07) is 10.5. The van der Waals surface area contributed by atoms with Crippen molar-refractivity contribution < 1.29 is 9.59 Å². The van der Waals surface area contributed by atoms with Crippen LogP contribution < -0.4 is 5.32 Å². The Hall–Kier alpha value is -2.40. The van der Waals surface area contributed by atoms with Gasteiger partial charge < -0.3 is 4.57 Å². The van der Waals surface area contributed by atoms with Crippen LogP contribution in [-0.4, -0.2) is 16.4 Å². The quantitative estimate of drug-likeness (QED) is 0.579. The standard InChI is InChI=1S/C21H18N2O2S.C2H6/c1-23-13-5-3-2-4-10(13)16-18-17(20(24)22-21(18)25)12-6-7-14-11(8-9-26-14)15(12)19(16)23;1-2/h2-5,8-9,12,15,17-18H,6-7H2,1H3,(H,22,24,25);1-2H3. The number of carbonyl (C=O) groups excluding carboxylic acids is 2. The first kappa shape index (κ1) is 17.7. The van der Waals surface area contributed by atoms with Crippen LogP contribution in [-0.2, 0) is 23.1 Å². The number of para-hydroxylation sites is 1. The Bertz CT molecular complexity index is 1110. The first-order chi connectivity index (χ1) is 13.7. The van der Waals surface area contributed by atoms with Crippen LogP contribution in [0.15, 0.2) is 35.7 Å². The molecule has 1 fully saturated rings. The van der Waals surface area contributed by atoms with Crippen LogP contribution in [0.2, 0.25) is 0 Å². The monoisotopic (exact) mass is 392 g/mol. The van der Waals surface area contributed by atoms with Crippen molar-refractivity contribution >= 4 is 34.1 Å². The highest BCUT2D eigenvalue weighted by Crippen LogP contribution is 2.57. The molecule has 1 aromatic carbocycles. The van der Waals surface area contributed by atoms with Crippen LogP contribution in [0, 0.1) is 11.8 Å². The van der Waals surface area contributed by atoms with Crippen LogP contribution in [0.25, 0.3) is 10.9 Å². The van der Waals surface area contributed by atoms with Crippen LogP contribution >= 0.6 is 11.3 Å². The summed E-state index contributed by atoms with van der Waals surface area (Å²) in [4.78, 5) is 26.9. The average Bonchev–Trinajstić information content (AvgIpc) is 3.39. The van der Waals surface area contributed by atoms with Gasteiger partial charge in [0.15, 0.2) is 0 Å². The third kappa shape index (κ3) is 2.11. The summed E-state index contributed by atoms with van der Waals surface area (Å²) in [7, 11) is 2.11. The molecule has 2 aromatic heterocycles. The molecule has 28 heavy (non-hydrogen) atoms. The van der Waals surface area contributed by atoms with Gasteiger partial charge in [-0.2, -0.15) is 0 Å². The molecule has 4 atom stereocenters. The van der Waals surface area contributed by atoms with Crippen molar-refractivity contribution in [1.29, 1.82) is 0 Å². The van der Waals surface area contributed by atoms with Gasteiger partial charge in [0.25, 0.3) is 0 Å². The van der Waals surface area contributed by atoms with Gasteiger partial charge in [0.2, 0.25) is 11.8 Å². The summed E-state index contributed by atoms with van der Waals surface area (Å²) in [5, 5.41) is 5.92. The number of thiophene rings is 1. The van der Waals surface area contributed by atoms with E-state index in [-0.39, 0.29) is 35.5 Å². The molecule has 0 bridgehead atoms. The van der Waals surface area contributed by atoms with Crippen LogP contribution in [0.1, 0.15) is 53.8 Å². The van der Waals surface area contributed by atoms with Crippen LogP contribution in [0.4, 0.5) is 0 Å². The van der Waals surface area contributed by atoms with Gasteiger partial charge in [0.05, 0.1) is 11.8 Å². The molecule has 0 saturated carbocycles. The summed E-state index contributed by atoms with van der Waals surface area (Å²) < 4.78 is 2.27. The Morgan fingerprint density at radius 3 is 2.68 bits per heavy atom. The third-order valence-corrected chi connectivity index (χ3v) is 7.69. The number of nitrogens with zero attached hydrogens (tertiary/aromatic N) is 1. The number of amides is 2. The minimum Gasteiger partial charge on any atom is -0.347 e. The van der Waals surface area contributed by atoms with Crippen molar-refractivity contribution in [1.82, 2.24) is 9.88 Å². The van der Waals surface area contributed by atoms with Gasteiger partial charge >= 0.3 is 0 Å². The summed E-state index contributed by atoms with van der Waals surface area (Å²) >= 11 is 1.82. The number of rotatable bonds is 0. The van der Waals surface area contributed by atoms with Gasteiger partial charge in [0.1, 0.15) is 0 Å². The molecule has 0 radical (unpaired) electrons. The fourth-order valence-corrected chi connectivity index (χ4v) is 6.70. The lowest BCUT2D eigenvalue weighted by Gasteiger charge is -2.41. The summed E-state index contributed by atoms with van der Waals surface area (Å²) in [6.45, 7) is 4.00. The molecule has 4 nitrogen and oxygen atoms in total. The normalized spacial score (nSPS) is 27.2. The zero-order chi connectivity index (χ0) is 19.6. The predicted molar refractivity (Wildman–Crippen MR) is 112 cm³/mol. The van der Waals surface area contributed by atoms with Crippen LogP contribution in [0.3, 0.4) is 0 Å². The Morgan fingerprint density at radius 1 is 1.07 bits per heavy atom. The summed E-state index contributed by atoms with van der Waals surface area (Å²) in [6.07, 6.45) is 1.99. The number of carbonyl (C=O) groups is 2. The molecule has 4 unspecified atom stereocenters. The first-order valence-electron chi connectivity index (χ1n) is 10.1. The second-order valence-corrected chi connectivity index (χ2v) is 8.71. The summed E-state index contributed by atoms with van der Waals surface area (Å²) in [5.74, 6) is -0.373. The zero-order valence-corrected chi connectivity index (χ0v) is 17.2. The van der Waals surface area contributed by atoms with E-state index in [1.54, 1.807) is 0 Å². The topological polar surface area (TPSA) is 51.1 Å². The van der Waals surface area contributed by atoms with E-state index in [2.05, 4.69) is 40.5 Å². The minimum absolute atomic E-state index is 0.0766. The van der Waals surface area contributed by atoms with Crippen molar-refractivity contribution in [2.24, 2.45) is 18.9 Å². The highest BCUT2D eigenvalue weighted by molar-refractivity contribution is 7.10. The van der Waals surface area contributed by atoms with E-state index in [0.717, 1.165) is 29.3 Å². The largest absolute Gasteiger partial charge is 0.347 e. The molecule has 1 N–H and O–H groups in total. The maximum atomic E-state index is 12.8. The lowest BCUT2D eigenvalue weighted by atomic mass is 9.61. The molecule has 144 valence electrons. The number of hydrogen-bond acceptors (Lipinski definition) is 3. The van der Waals surface area contributed by atoms with E-state index in [0.29, 0.717) is 0 Å². The van der Waals surface area contributed by atoms with Crippen LogP contribution in [0.5, 0.6) is 0 Å². The maximum absolute atomic E-state index is 12.8. The number of fused-ring (bicyclic) bond motifs is 10. The van der Waals surface area contributed by atoms with Gasteiger partial charge in [-0.25, -0.2) is 0 Å². The van der Waals surface area contributed by atoms with E-state index in [4.69, 9.17) is 0 Å². The number of nitrogens with one attached hydrogen (secondary N) is 1. The van der Waals surface area contributed by atoms with Crippen molar-refractivity contribution in [3.63, 3.8) is 0 Å². The molecule has 0 spiro atoms. The smallest absolute Gasteiger partial charge is 0.235 e. The fourth-order valence-electron chi connectivity index (χ4n) is 5.76. The highest BCUT2D eigenvalue weighted by atomic mass is 32.1. The van der Waals surface area contributed by atoms with Gasteiger partial charge in [-0.1, -0.05) is 32.0 Å². The maximum Gasteiger partial charge on any atom is 0.235 e. The Balaban J connectivity index is 0.000000829. The van der Waals surface area contributed by atoms with Crippen molar-refractivity contribution in [3.05, 3.63) is 57.4 Å². The van der Waals surface area contributed by atoms with Crippen molar-refractivity contribution in [2.75, 3.05) is 0 Å². The lowest BCUT2D eigenvalue weighted by molar-refractivity contribution is -0.126. The number of imide groups is 1. The summed E-state index contributed by atoms with van der Waals surface area (Å²) in [5.41, 5.74) is 4.83. The van der Waals surface area contributed by atoms with E-state index in [9.17, 15) is 9.59 Å². The molecule has 1 saturated heterocycles. The molecule has 3 aliphatic rings. The first-order valence-corrected chi connectivity index (χ1v) is 11.0. The molecule has 6 rings (SSSR count). The predicted octanol–water partition coefficient (Wildman–Crippen LogP) is 4.33. The Morgan fingerprint density at radius 2 is 1.86 bits per heavy atom. The van der Waals surface area contributed by atoms with E-state index in [1.807, 2.05) is 37.3 Å². The second-order valence-electron chi connectivity index (χ2n) is 7.71. The number of hydrogen-bond donors (Lipinski definition) is 1. The zero-order valence-electron chi connectivity index (χ0n) is 16.4. The van der Waals surface area contributed by atoms with E-state index < -0.39 is 0 Å². The minimum atomic E-state index is -0.343. The highest BCUT2D eigenvalue weighted by Gasteiger charge is 2.56. The number of benzene rings is 1. The SMILES string of the molecule is CC.Cn1c2c(c3ccccc31)C1C(=O)NC(=O)C1C1CCc3sccc3C21. The molecular formula is C23H24N2O2S. The molecule has 2 aliphatic carbocycles. The Labute approximate surface area is 168 Å². The van der Waals surface area contributed by atoms with E-state index >= 15 is 0 Å². The molecule has 3 aromatic rings. The van der Waals surface area contributed by atoms with Crippen molar-refractivity contribution in [2.45, 2.75) is 38.5 Å². The molecular weight excluding hydrogens is 368 g/mol. The number of aryl methyl sites for hydroxylation is 2. The molecule has 2 amide bonds. The van der Waals surface area contributed by atoms with E-state index in [1.165, 1.54) is 16.1 Å². The molecule has 1 aliphatic heterocycles. The van der Waals surface area contributed by atoms with Crippen molar-refractivity contribution in [3.8, 4) is 0 Å². The van der Waals surface area contributed by atoms with Gasteiger partial charge in [0, 0.05) is 34.4 Å². The molecule has 3 heterocycles. The fraction of sp³-hybridized carbons (Fsp3) is 0.391. The Kier molecular flexibility index (Phi) is 3.98. The molecule has 5 heteroatoms. The van der Waals surface area contributed by atoms with Gasteiger partial charge in [-0.15, -0.1) is 11.3 Å². The average molecular weight is 393 g/mol. The lowest BCUT2D eigenvalue weighted by Crippen LogP contribution is -2.38. The number of aromatic nitrogens is 1. The van der Waals surface area contributed by atoms with Gasteiger partial charge in [-0.3, -0.25) is 14.9 Å².